The number of hydrogen-bond acceptors (Lipinski definition) is 5. The Morgan fingerprint density at radius 2 is 1.94 bits per heavy atom. The van der Waals surface area contributed by atoms with Gasteiger partial charge in [0.05, 0.1) is 11.6 Å². The molecule has 0 saturated carbocycles. The molecular weight excluding hydrogens is 404 g/mol. The normalized spacial score (nSPS) is 21.5. The minimum Gasteiger partial charge on any atom is -0.507 e. The first-order valence-corrected chi connectivity index (χ1v) is 10.5. The first kappa shape index (κ1) is 20.0. The first-order chi connectivity index (χ1) is 15.5. The summed E-state index contributed by atoms with van der Waals surface area (Å²) in [5, 5.41) is 11.3. The van der Waals surface area contributed by atoms with Crippen LogP contribution in [-0.2, 0) is 16.0 Å². The SMILES string of the molecule is Cc1ccccc1N1C(=O)C(=O)/C(=C(\O)c2ccc3c(c2)CC(C)O3)C1c1cccnc1. The van der Waals surface area contributed by atoms with Crippen LogP contribution in [0.4, 0.5) is 5.69 Å². The lowest BCUT2D eigenvalue weighted by molar-refractivity contribution is -0.132. The number of rotatable bonds is 3. The Morgan fingerprint density at radius 3 is 2.69 bits per heavy atom. The summed E-state index contributed by atoms with van der Waals surface area (Å²) in [6.07, 6.45) is 4.03. The van der Waals surface area contributed by atoms with Gasteiger partial charge in [-0.2, -0.15) is 0 Å². The number of pyridine rings is 1. The van der Waals surface area contributed by atoms with Crippen molar-refractivity contribution in [1.29, 1.82) is 0 Å². The molecule has 1 aromatic heterocycles. The molecule has 1 saturated heterocycles. The van der Waals surface area contributed by atoms with Crippen LogP contribution in [0.1, 0.15) is 35.2 Å². The van der Waals surface area contributed by atoms with Crippen molar-refractivity contribution < 1.29 is 19.4 Å². The van der Waals surface area contributed by atoms with Crippen LogP contribution in [-0.4, -0.2) is 27.9 Å². The fraction of sp³-hybridized carbons (Fsp3) is 0.192. The Balaban J connectivity index is 1.70. The molecule has 0 aliphatic carbocycles. The highest BCUT2D eigenvalue weighted by Gasteiger charge is 2.47. The molecule has 0 bridgehead atoms. The summed E-state index contributed by atoms with van der Waals surface area (Å²) < 4.78 is 5.75. The summed E-state index contributed by atoms with van der Waals surface area (Å²) in [5.74, 6) is -0.814. The second-order valence-electron chi connectivity index (χ2n) is 8.20. The van der Waals surface area contributed by atoms with E-state index in [2.05, 4.69) is 4.98 Å². The molecule has 1 amide bonds. The van der Waals surface area contributed by atoms with Gasteiger partial charge in [-0.3, -0.25) is 19.5 Å². The smallest absolute Gasteiger partial charge is 0.300 e. The molecule has 2 aromatic carbocycles. The van der Waals surface area contributed by atoms with Gasteiger partial charge in [-0.05, 0) is 60.9 Å². The number of carbonyl (C=O) groups is 2. The van der Waals surface area contributed by atoms with Crippen LogP contribution < -0.4 is 9.64 Å². The fourth-order valence-corrected chi connectivity index (χ4v) is 4.49. The summed E-state index contributed by atoms with van der Waals surface area (Å²) in [6, 6.07) is 15.5. The van der Waals surface area contributed by atoms with Crippen molar-refractivity contribution in [2.24, 2.45) is 0 Å². The minimum atomic E-state index is -0.784. The highest BCUT2D eigenvalue weighted by atomic mass is 16.5. The maximum absolute atomic E-state index is 13.2. The van der Waals surface area contributed by atoms with Crippen LogP contribution in [0, 0.1) is 6.92 Å². The van der Waals surface area contributed by atoms with Gasteiger partial charge in [-0.1, -0.05) is 24.3 Å². The van der Waals surface area contributed by atoms with Gasteiger partial charge < -0.3 is 9.84 Å². The molecule has 0 radical (unpaired) electrons. The zero-order chi connectivity index (χ0) is 22.4. The van der Waals surface area contributed by atoms with E-state index >= 15 is 0 Å². The van der Waals surface area contributed by atoms with E-state index < -0.39 is 17.7 Å². The molecule has 3 heterocycles. The topological polar surface area (TPSA) is 79.7 Å². The van der Waals surface area contributed by atoms with E-state index in [0.29, 0.717) is 16.8 Å². The number of anilines is 1. The molecule has 2 atom stereocenters. The van der Waals surface area contributed by atoms with Crippen molar-refractivity contribution in [2.45, 2.75) is 32.4 Å². The molecule has 32 heavy (non-hydrogen) atoms. The zero-order valence-electron chi connectivity index (χ0n) is 17.8. The molecule has 3 aromatic rings. The predicted octanol–water partition coefficient (Wildman–Crippen LogP) is 4.34. The number of aliphatic hydroxyl groups is 1. The number of aliphatic hydroxyl groups excluding tert-OH is 1. The molecule has 2 aliphatic heterocycles. The van der Waals surface area contributed by atoms with Gasteiger partial charge in [-0.15, -0.1) is 0 Å². The Kier molecular flexibility index (Phi) is 4.78. The molecule has 1 N–H and O–H groups in total. The fourth-order valence-electron chi connectivity index (χ4n) is 4.49. The number of carbonyl (C=O) groups excluding carboxylic acids is 2. The number of Topliss-reactive ketones (excluding diaryl/α,β-unsaturated/α-hetero) is 1. The van der Waals surface area contributed by atoms with Crippen LogP contribution >= 0.6 is 0 Å². The summed E-state index contributed by atoms with van der Waals surface area (Å²) in [5.41, 5.74) is 3.63. The molecule has 0 spiro atoms. The largest absolute Gasteiger partial charge is 0.507 e. The molecule has 1 fully saturated rings. The molecule has 6 heteroatoms. The molecule has 6 nitrogen and oxygen atoms in total. The molecular formula is C26H22N2O4. The lowest BCUT2D eigenvalue weighted by Crippen LogP contribution is -2.30. The van der Waals surface area contributed by atoms with E-state index in [9.17, 15) is 14.7 Å². The highest BCUT2D eigenvalue weighted by Crippen LogP contribution is 2.43. The van der Waals surface area contributed by atoms with E-state index in [1.165, 1.54) is 4.90 Å². The lowest BCUT2D eigenvalue weighted by atomic mass is 9.95. The van der Waals surface area contributed by atoms with Gasteiger partial charge in [0.1, 0.15) is 17.6 Å². The summed E-state index contributed by atoms with van der Waals surface area (Å²) in [7, 11) is 0. The van der Waals surface area contributed by atoms with Crippen LogP contribution in [0.2, 0.25) is 0 Å². The van der Waals surface area contributed by atoms with Gasteiger partial charge >= 0.3 is 0 Å². The number of amides is 1. The third-order valence-corrected chi connectivity index (χ3v) is 5.99. The average molecular weight is 426 g/mol. The number of hydrogen-bond donors (Lipinski definition) is 1. The number of para-hydroxylation sites is 1. The van der Waals surface area contributed by atoms with E-state index in [0.717, 1.165) is 23.3 Å². The van der Waals surface area contributed by atoms with Crippen molar-refractivity contribution in [3.05, 3.63) is 94.8 Å². The van der Waals surface area contributed by atoms with Crippen molar-refractivity contribution >= 4 is 23.1 Å². The number of aryl methyl sites for hydroxylation is 1. The van der Waals surface area contributed by atoms with Gasteiger partial charge in [0.25, 0.3) is 11.7 Å². The quantitative estimate of drug-likeness (QED) is 0.383. The summed E-state index contributed by atoms with van der Waals surface area (Å²) in [6.45, 7) is 3.87. The van der Waals surface area contributed by atoms with Gasteiger partial charge in [-0.25, -0.2) is 0 Å². The minimum absolute atomic E-state index is 0.0539. The van der Waals surface area contributed by atoms with Crippen molar-refractivity contribution in [3.8, 4) is 5.75 Å². The molecule has 2 aliphatic rings. The van der Waals surface area contributed by atoms with Crippen molar-refractivity contribution in [2.75, 3.05) is 4.90 Å². The molecule has 5 rings (SSSR count). The third kappa shape index (κ3) is 3.15. The van der Waals surface area contributed by atoms with Crippen LogP contribution in [0.25, 0.3) is 5.76 Å². The van der Waals surface area contributed by atoms with Crippen LogP contribution in [0.3, 0.4) is 0 Å². The third-order valence-electron chi connectivity index (χ3n) is 5.99. The van der Waals surface area contributed by atoms with E-state index in [-0.39, 0.29) is 17.4 Å². The van der Waals surface area contributed by atoms with Gasteiger partial charge in [0.15, 0.2) is 0 Å². The van der Waals surface area contributed by atoms with E-state index in [1.54, 1.807) is 42.7 Å². The van der Waals surface area contributed by atoms with E-state index in [1.807, 2.05) is 38.1 Å². The van der Waals surface area contributed by atoms with Gasteiger partial charge in [0.2, 0.25) is 0 Å². The number of aromatic nitrogens is 1. The Morgan fingerprint density at radius 1 is 1.12 bits per heavy atom. The summed E-state index contributed by atoms with van der Waals surface area (Å²) >= 11 is 0. The Labute approximate surface area is 185 Å². The van der Waals surface area contributed by atoms with Crippen molar-refractivity contribution in [3.63, 3.8) is 0 Å². The molecule has 160 valence electrons. The van der Waals surface area contributed by atoms with Gasteiger partial charge in [0, 0.05) is 30.1 Å². The molecule has 2 unspecified atom stereocenters. The number of nitrogens with zero attached hydrogens (tertiary/aromatic N) is 2. The predicted molar refractivity (Wildman–Crippen MR) is 120 cm³/mol. The highest BCUT2D eigenvalue weighted by molar-refractivity contribution is 6.51. The second-order valence-corrected chi connectivity index (χ2v) is 8.20. The van der Waals surface area contributed by atoms with Crippen LogP contribution in [0.5, 0.6) is 5.75 Å². The maximum Gasteiger partial charge on any atom is 0.300 e. The first-order valence-electron chi connectivity index (χ1n) is 10.5. The number of fused-ring (bicyclic) bond motifs is 1. The standard InChI is InChI=1S/C26H22N2O4/c1-15-6-3-4-8-20(15)28-23(18-7-5-11-27-14-18)22(25(30)26(28)31)24(29)17-9-10-21-19(13-17)12-16(2)32-21/h3-11,13-14,16,23,29H,12H2,1-2H3/b24-22-. The number of benzene rings is 2. The number of ether oxygens (including phenoxy) is 1. The Bertz CT molecular complexity index is 1270. The monoisotopic (exact) mass is 426 g/mol. The zero-order valence-corrected chi connectivity index (χ0v) is 17.8. The Hall–Kier alpha value is -3.93. The average Bonchev–Trinajstić information content (AvgIpc) is 3.30. The maximum atomic E-state index is 13.2. The summed E-state index contributed by atoms with van der Waals surface area (Å²) in [4.78, 5) is 32.1. The van der Waals surface area contributed by atoms with E-state index in [4.69, 9.17) is 4.74 Å². The van der Waals surface area contributed by atoms with Crippen molar-refractivity contribution in [1.82, 2.24) is 4.98 Å². The number of ketones is 1. The second kappa shape index (κ2) is 7.64. The van der Waals surface area contributed by atoms with Crippen LogP contribution in [0.15, 0.2) is 72.6 Å². The lowest BCUT2D eigenvalue weighted by Gasteiger charge is -2.26.